The molecular formula is C19H22ClNO4. The predicted molar refractivity (Wildman–Crippen MR) is 89.2 cm³/mol. The fourth-order valence-electron chi connectivity index (χ4n) is 3.26. The molecule has 0 saturated carbocycles. The Balaban J connectivity index is 0.00000225. The van der Waals surface area contributed by atoms with E-state index in [-0.39, 0.29) is 29.7 Å². The first-order valence-electron chi connectivity index (χ1n) is 8.14. The highest BCUT2D eigenvalue weighted by molar-refractivity contribution is 5.97. The summed E-state index contributed by atoms with van der Waals surface area (Å²) in [6.45, 7) is 1.73. The number of nitrogens with one attached hydrogen (secondary N) is 1. The van der Waals surface area contributed by atoms with Gasteiger partial charge in [-0.25, -0.2) is 0 Å². The Morgan fingerprint density at radius 2 is 1.64 bits per heavy atom. The molecule has 0 spiro atoms. The average Bonchev–Trinajstić information content (AvgIpc) is 2.60. The van der Waals surface area contributed by atoms with E-state index in [0.29, 0.717) is 38.0 Å². The van der Waals surface area contributed by atoms with Gasteiger partial charge in [-0.3, -0.25) is 4.79 Å². The first kappa shape index (κ1) is 19.2. The van der Waals surface area contributed by atoms with Crippen molar-refractivity contribution in [1.29, 1.82) is 0 Å². The standard InChI is InChI=1S/C19H21NO4.ClH/c21-16-7-6-14(12-17(16)22)18(23)13-20-10-8-19(24,9-11-20)15-4-2-1-3-5-15;/h1-7,12,21-22,24H,8-11,13H2;1H. The first-order valence-corrected chi connectivity index (χ1v) is 8.14. The highest BCUT2D eigenvalue weighted by Crippen LogP contribution is 2.29. The molecule has 1 fully saturated rings. The minimum absolute atomic E-state index is 0. The second kappa shape index (κ2) is 7.87. The number of aromatic hydroxyl groups is 2. The van der Waals surface area contributed by atoms with Crippen molar-refractivity contribution < 1.29 is 37.4 Å². The molecule has 6 heteroatoms. The summed E-state index contributed by atoms with van der Waals surface area (Å²) in [5.74, 6) is -0.594. The third-order valence-corrected chi connectivity index (χ3v) is 4.80. The van der Waals surface area contributed by atoms with Gasteiger partial charge in [0.1, 0.15) is 12.1 Å². The van der Waals surface area contributed by atoms with E-state index >= 15 is 0 Å². The van der Waals surface area contributed by atoms with Crippen molar-refractivity contribution in [3.05, 3.63) is 59.7 Å². The minimum atomic E-state index is -0.815. The van der Waals surface area contributed by atoms with E-state index in [1.54, 1.807) is 0 Å². The fraction of sp³-hybridized carbons (Fsp3) is 0.316. The van der Waals surface area contributed by atoms with Crippen LogP contribution < -0.4 is 17.3 Å². The van der Waals surface area contributed by atoms with Crippen molar-refractivity contribution in [1.82, 2.24) is 0 Å². The molecule has 0 aliphatic carbocycles. The number of rotatable bonds is 4. The Bertz CT molecular complexity index is 727. The van der Waals surface area contributed by atoms with E-state index in [1.807, 2.05) is 30.3 Å². The van der Waals surface area contributed by atoms with Crippen molar-refractivity contribution in [3.8, 4) is 11.5 Å². The first-order chi connectivity index (χ1) is 11.5. The second-order valence-corrected chi connectivity index (χ2v) is 6.45. The summed E-state index contributed by atoms with van der Waals surface area (Å²) in [6.07, 6.45) is 1.22. The minimum Gasteiger partial charge on any atom is -1.00 e. The smallest absolute Gasteiger partial charge is 0.216 e. The highest BCUT2D eigenvalue weighted by Gasteiger charge is 2.36. The van der Waals surface area contributed by atoms with Crippen LogP contribution in [0, 0.1) is 0 Å². The predicted octanol–water partition coefficient (Wildman–Crippen LogP) is -2.15. The molecule has 2 aromatic carbocycles. The molecule has 134 valence electrons. The van der Waals surface area contributed by atoms with Crippen LogP contribution in [0.5, 0.6) is 11.5 Å². The zero-order valence-corrected chi connectivity index (χ0v) is 14.5. The number of hydrogen-bond acceptors (Lipinski definition) is 4. The van der Waals surface area contributed by atoms with Crippen LogP contribution in [0.2, 0.25) is 0 Å². The molecule has 2 aromatic rings. The van der Waals surface area contributed by atoms with E-state index in [1.165, 1.54) is 18.2 Å². The third-order valence-electron chi connectivity index (χ3n) is 4.80. The number of quaternary nitrogens is 1. The van der Waals surface area contributed by atoms with Gasteiger partial charge < -0.3 is 32.6 Å². The van der Waals surface area contributed by atoms with Gasteiger partial charge >= 0.3 is 0 Å². The van der Waals surface area contributed by atoms with Gasteiger partial charge in [-0.15, -0.1) is 0 Å². The number of likely N-dealkylation sites (tertiary alicyclic amines) is 1. The molecule has 1 aliphatic rings. The molecule has 1 aliphatic heterocycles. The maximum atomic E-state index is 12.3. The number of benzene rings is 2. The molecule has 5 nitrogen and oxygen atoms in total. The molecule has 3 rings (SSSR count). The molecule has 0 bridgehead atoms. The van der Waals surface area contributed by atoms with E-state index in [4.69, 9.17) is 0 Å². The van der Waals surface area contributed by atoms with E-state index < -0.39 is 5.60 Å². The van der Waals surface area contributed by atoms with Crippen LogP contribution in [0.25, 0.3) is 0 Å². The quantitative estimate of drug-likeness (QED) is 0.369. The summed E-state index contributed by atoms with van der Waals surface area (Å²) >= 11 is 0. The molecule has 0 amide bonds. The summed E-state index contributed by atoms with van der Waals surface area (Å²) in [7, 11) is 0. The molecule has 1 heterocycles. The Labute approximate surface area is 152 Å². The van der Waals surface area contributed by atoms with Crippen molar-refractivity contribution in [2.45, 2.75) is 18.4 Å². The normalized spacial score (nSPS) is 22.8. The zero-order valence-electron chi connectivity index (χ0n) is 13.8. The van der Waals surface area contributed by atoms with E-state index in [0.717, 1.165) is 10.5 Å². The van der Waals surface area contributed by atoms with Crippen LogP contribution in [0.15, 0.2) is 48.5 Å². The lowest BCUT2D eigenvalue weighted by atomic mass is 9.84. The maximum absolute atomic E-state index is 12.3. The van der Waals surface area contributed by atoms with E-state index in [9.17, 15) is 20.1 Å². The van der Waals surface area contributed by atoms with Gasteiger partial charge in [0.2, 0.25) is 5.78 Å². The van der Waals surface area contributed by atoms with Crippen LogP contribution >= 0.6 is 0 Å². The van der Waals surface area contributed by atoms with Crippen molar-refractivity contribution >= 4 is 5.78 Å². The maximum Gasteiger partial charge on any atom is 0.216 e. The second-order valence-electron chi connectivity index (χ2n) is 6.45. The Hall–Kier alpha value is -2.08. The lowest BCUT2D eigenvalue weighted by molar-refractivity contribution is -0.899. The molecule has 25 heavy (non-hydrogen) atoms. The largest absolute Gasteiger partial charge is 1.00 e. The zero-order chi connectivity index (χ0) is 17.2. The lowest BCUT2D eigenvalue weighted by Crippen LogP contribution is -3.14. The van der Waals surface area contributed by atoms with Crippen LogP contribution in [-0.2, 0) is 5.60 Å². The van der Waals surface area contributed by atoms with Crippen molar-refractivity contribution in [3.63, 3.8) is 0 Å². The fourth-order valence-corrected chi connectivity index (χ4v) is 3.26. The van der Waals surface area contributed by atoms with Crippen LogP contribution in [0.3, 0.4) is 0 Å². The van der Waals surface area contributed by atoms with Crippen LogP contribution in [0.1, 0.15) is 28.8 Å². The van der Waals surface area contributed by atoms with Crippen molar-refractivity contribution in [2.75, 3.05) is 19.6 Å². The average molecular weight is 364 g/mol. The molecule has 1 saturated heterocycles. The molecular weight excluding hydrogens is 342 g/mol. The summed E-state index contributed by atoms with van der Waals surface area (Å²) in [5.41, 5.74) is 0.505. The van der Waals surface area contributed by atoms with Gasteiger partial charge in [-0.05, 0) is 23.8 Å². The van der Waals surface area contributed by atoms with Gasteiger partial charge in [0.25, 0.3) is 0 Å². The monoisotopic (exact) mass is 363 g/mol. The number of carbonyl (C=O) groups is 1. The van der Waals surface area contributed by atoms with Gasteiger partial charge in [-0.1, -0.05) is 30.3 Å². The molecule has 0 unspecified atom stereocenters. The number of piperidine rings is 1. The number of Topliss-reactive ketones (excluding diaryl/α,β-unsaturated/α-hetero) is 1. The van der Waals surface area contributed by atoms with Crippen LogP contribution in [0.4, 0.5) is 0 Å². The SMILES string of the molecule is O=C(C[NH+]1CCC(O)(c2ccccc2)CC1)c1ccc(O)c(O)c1.[Cl-]. The number of phenolic OH excluding ortho intramolecular Hbond substituents is 2. The number of phenols is 2. The van der Waals surface area contributed by atoms with Crippen LogP contribution in [-0.4, -0.2) is 40.7 Å². The summed E-state index contributed by atoms with van der Waals surface area (Å²) in [6, 6.07) is 13.8. The van der Waals surface area contributed by atoms with Crippen molar-refractivity contribution in [2.24, 2.45) is 0 Å². The molecule has 0 aromatic heterocycles. The summed E-state index contributed by atoms with van der Waals surface area (Å²) < 4.78 is 0. The van der Waals surface area contributed by atoms with E-state index in [2.05, 4.69) is 0 Å². The summed E-state index contributed by atoms with van der Waals surface area (Å²) in [4.78, 5) is 13.5. The topological polar surface area (TPSA) is 82.2 Å². The Morgan fingerprint density at radius 1 is 1.00 bits per heavy atom. The lowest BCUT2D eigenvalue weighted by Gasteiger charge is -2.36. The number of halogens is 1. The van der Waals surface area contributed by atoms with Gasteiger partial charge in [0, 0.05) is 18.4 Å². The summed E-state index contributed by atoms with van der Waals surface area (Å²) in [5, 5.41) is 29.6. The Kier molecular flexibility index (Phi) is 6.06. The molecule has 0 atom stereocenters. The Morgan fingerprint density at radius 3 is 2.24 bits per heavy atom. The van der Waals surface area contributed by atoms with Gasteiger partial charge in [-0.2, -0.15) is 0 Å². The van der Waals surface area contributed by atoms with Gasteiger partial charge in [0.05, 0.1) is 13.1 Å². The third kappa shape index (κ3) is 4.31. The molecule has 4 N–H and O–H groups in total. The van der Waals surface area contributed by atoms with Gasteiger partial charge in [0.15, 0.2) is 11.5 Å². The number of hydrogen-bond donors (Lipinski definition) is 4. The molecule has 0 radical (unpaired) electrons. The highest BCUT2D eigenvalue weighted by atomic mass is 35.5. The number of carbonyl (C=O) groups excluding carboxylic acids is 1. The number of aliphatic hydroxyl groups is 1. The number of ketones is 1.